The minimum Gasteiger partial charge on any atom is -0.309 e. The second-order valence-corrected chi connectivity index (χ2v) is 16.0. The first kappa shape index (κ1) is 37.2. The zero-order valence-corrected chi connectivity index (χ0v) is 35.1. The Morgan fingerprint density at radius 2 is 0.844 bits per heavy atom. The van der Waals surface area contributed by atoms with Gasteiger partial charge in [-0.15, -0.1) is 0 Å². The Balaban J connectivity index is 1.16. The van der Waals surface area contributed by atoms with Crippen LogP contribution in [0.5, 0.6) is 0 Å². The highest BCUT2D eigenvalue weighted by Gasteiger charge is 2.23. The summed E-state index contributed by atoms with van der Waals surface area (Å²) in [6.45, 7) is 3.81. The number of benzene rings is 8. The van der Waals surface area contributed by atoms with Gasteiger partial charge in [0.1, 0.15) is 11.6 Å². The van der Waals surface area contributed by atoms with Gasteiger partial charge in [-0.1, -0.05) is 133 Å². The van der Waals surface area contributed by atoms with E-state index in [0.717, 1.165) is 77.6 Å². The van der Waals surface area contributed by atoms with Gasteiger partial charge in [0.15, 0.2) is 23.3 Å². The van der Waals surface area contributed by atoms with Gasteiger partial charge >= 0.3 is 0 Å². The van der Waals surface area contributed by atoms with Gasteiger partial charge in [0.25, 0.3) is 0 Å². The molecule has 0 aliphatic carbocycles. The molecule has 0 radical (unpaired) electrons. The number of rotatable bonds is 7. The Morgan fingerprint density at radius 1 is 0.312 bits per heavy atom. The molecule has 0 unspecified atom stereocenters. The van der Waals surface area contributed by atoms with E-state index in [9.17, 15) is 0 Å². The van der Waals surface area contributed by atoms with Crippen LogP contribution < -0.4 is 0 Å². The Labute approximate surface area is 368 Å². The lowest BCUT2D eigenvalue weighted by atomic mass is 9.96. The van der Waals surface area contributed by atoms with E-state index in [1.807, 2.05) is 50.2 Å². The third-order valence-corrected chi connectivity index (χ3v) is 12.0. The van der Waals surface area contributed by atoms with Gasteiger partial charge in [-0.25, -0.2) is 29.9 Å². The largest absolute Gasteiger partial charge is 0.309 e. The first-order valence-electron chi connectivity index (χ1n) is 21.4. The van der Waals surface area contributed by atoms with E-state index in [1.54, 1.807) is 0 Å². The minimum absolute atomic E-state index is 0.571. The Bertz CT molecular complexity index is 3670. The fraction of sp³-hybridized carbons (Fsp3) is 0.0357. The summed E-state index contributed by atoms with van der Waals surface area (Å²) in [6, 6.07) is 67.9. The lowest BCUT2D eigenvalue weighted by molar-refractivity contribution is 0.929. The quantitative estimate of drug-likeness (QED) is 0.159. The summed E-state index contributed by atoms with van der Waals surface area (Å²) in [5.74, 6) is 3.81. The highest BCUT2D eigenvalue weighted by atomic mass is 15.1. The van der Waals surface area contributed by atoms with Gasteiger partial charge < -0.3 is 9.13 Å². The lowest BCUT2D eigenvalue weighted by Crippen LogP contribution is -2.04. The number of aryl methyl sites for hydroxylation is 2. The fourth-order valence-electron chi connectivity index (χ4n) is 9.24. The van der Waals surface area contributed by atoms with Crippen LogP contribution in [0.15, 0.2) is 194 Å². The SMILES string of the molecule is Cc1nc(C)nc(-c2ccc3c(c2)c2ccccc2n3-c2ccc(-c3cccc4c3c3ccccc3n4-c3ccccc3)cc2-c2nc(-c3ccccc3)nc(-c3ccccc3)n2)n1. The highest BCUT2D eigenvalue weighted by molar-refractivity contribution is 6.16. The zero-order valence-electron chi connectivity index (χ0n) is 35.1. The summed E-state index contributed by atoms with van der Waals surface area (Å²) in [4.78, 5) is 29.6. The molecule has 0 N–H and O–H groups in total. The van der Waals surface area contributed by atoms with Crippen LogP contribution in [0, 0.1) is 13.8 Å². The molecule has 0 bridgehead atoms. The molecule has 0 amide bonds. The van der Waals surface area contributed by atoms with Crippen LogP contribution in [0.3, 0.4) is 0 Å². The van der Waals surface area contributed by atoms with E-state index in [0.29, 0.717) is 34.9 Å². The molecule has 12 rings (SSSR count). The number of fused-ring (bicyclic) bond motifs is 6. The second kappa shape index (κ2) is 15.1. The maximum Gasteiger partial charge on any atom is 0.166 e. The van der Waals surface area contributed by atoms with Crippen LogP contribution in [-0.2, 0) is 0 Å². The topological polar surface area (TPSA) is 87.2 Å². The third-order valence-electron chi connectivity index (χ3n) is 12.0. The molecule has 4 aromatic heterocycles. The van der Waals surface area contributed by atoms with Gasteiger partial charge in [0.2, 0.25) is 0 Å². The highest BCUT2D eigenvalue weighted by Crippen LogP contribution is 2.43. The number of hydrogen-bond donors (Lipinski definition) is 0. The Kier molecular flexibility index (Phi) is 8.76. The molecule has 8 heteroatoms. The van der Waals surface area contributed by atoms with Crippen LogP contribution in [0.25, 0.3) is 112 Å². The molecule has 8 aromatic carbocycles. The Hall–Kier alpha value is -8.62. The van der Waals surface area contributed by atoms with Crippen molar-refractivity contribution < 1.29 is 0 Å². The monoisotopic (exact) mass is 822 g/mol. The number of nitrogens with zero attached hydrogens (tertiary/aromatic N) is 8. The van der Waals surface area contributed by atoms with E-state index in [-0.39, 0.29) is 0 Å². The smallest absolute Gasteiger partial charge is 0.166 e. The minimum atomic E-state index is 0.571. The molecule has 0 saturated carbocycles. The van der Waals surface area contributed by atoms with Crippen LogP contribution in [-0.4, -0.2) is 39.0 Å². The van der Waals surface area contributed by atoms with E-state index < -0.39 is 0 Å². The normalized spacial score (nSPS) is 11.6. The Morgan fingerprint density at radius 3 is 1.53 bits per heavy atom. The summed E-state index contributed by atoms with van der Waals surface area (Å²) < 4.78 is 4.70. The average Bonchev–Trinajstić information content (AvgIpc) is 3.87. The van der Waals surface area contributed by atoms with Crippen molar-refractivity contribution in [1.82, 2.24) is 39.0 Å². The van der Waals surface area contributed by atoms with Gasteiger partial charge in [-0.2, -0.15) is 0 Å². The van der Waals surface area contributed by atoms with Gasteiger partial charge in [-0.05, 0) is 85.6 Å². The lowest BCUT2D eigenvalue weighted by Gasteiger charge is -2.17. The van der Waals surface area contributed by atoms with Crippen molar-refractivity contribution >= 4 is 43.6 Å². The van der Waals surface area contributed by atoms with Gasteiger partial charge in [0, 0.05) is 49.5 Å². The van der Waals surface area contributed by atoms with Crippen molar-refractivity contribution in [1.29, 1.82) is 0 Å². The molecule has 12 aromatic rings. The number of hydrogen-bond acceptors (Lipinski definition) is 6. The molecular weight excluding hydrogens is 785 g/mol. The van der Waals surface area contributed by atoms with Crippen molar-refractivity contribution in [3.05, 3.63) is 206 Å². The standard InChI is InChI=1S/C56H38N8/c1-35-57-36(2)59-55(58-35)40-30-32-49-45(34-40)43-23-12-14-26-47(43)64(49)50-31-29-39(42-25-16-28-51-52(42)44-24-13-15-27-48(44)63(51)41-21-10-5-11-22-41)33-46(50)56-61-53(37-17-6-3-7-18-37)60-54(62-56)38-19-8-4-9-20-38/h3-34H,1-2H3. The third kappa shape index (κ3) is 6.23. The summed E-state index contributed by atoms with van der Waals surface area (Å²) in [5.41, 5.74) is 12.2. The van der Waals surface area contributed by atoms with Crippen LogP contribution >= 0.6 is 0 Å². The second-order valence-electron chi connectivity index (χ2n) is 16.0. The van der Waals surface area contributed by atoms with E-state index in [2.05, 4.69) is 172 Å². The molecule has 302 valence electrons. The van der Waals surface area contributed by atoms with Crippen molar-refractivity contribution in [3.8, 4) is 68.1 Å². The van der Waals surface area contributed by atoms with Crippen molar-refractivity contribution in [2.75, 3.05) is 0 Å². The maximum absolute atomic E-state index is 5.33. The number of para-hydroxylation sites is 3. The average molecular weight is 823 g/mol. The van der Waals surface area contributed by atoms with E-state index in [4.69, 9.17) is 24.9 Å². The summed E-state index contributed by atoms with van der Waals surface area (Å²) >= 11 is 0. The van der Waals surface area contributed by atoms with E-state index in [1.165, 1.54) is 10.8 Å². The first-order chi connectivity index (χ1) is 31.6. The van der Waals surface area contributed by atoms with Crippen LogP contribution in [0.2, 0.25) is 0 Å². The van der Waals surface area contributed by atoms with Crippen molar-refractivity contribution in [2.45, 2.75) is 13.8 Å². The molecule has 0 aliphatic heterocycles. The molecule has 0 saturated heterocycles. The molecule has 0 spiro atoms. The van der Waals surface area contributed by atoms with Crippen LogP contribution in [0.1, 0.15) is 11.6 Å². The predicted molar refractivity (Wildman–Crippen MR) is 259 cm³/mol. The molecular formula is C56H38N8. The molecule has 0 aliphatic rings. The summed E-state index contributed by atoms with van der Waals surface area (Å²) in [5, 5.41) is 4.56. The molecule has 0 fully saturated rings. The summed E-state index contributed by atoms with van der Waals surface area (Å²) in [6.07, 6.45) is 0. The molecule has 64 heavy (non-hydrogen) atoms. The maximum atomic E-state index is 5.33. The van der Waals surface area contributed by atoms with Crippen molar-refractivity contribution in [3.63, 3.8) is 0 Å². The molecule has 4 heterocycles. The predicted octanol–water partition coefficient (Wildman–Crippen LogP) is 13.2. The zero-order chi connectivity index (χ0) is 42.7. The number of aromatic nitrogens is 8. The van der Waals surface area contributed by atoms with Gasteiger partial charge in [-0.3, -0.25) is 0 Å². The summed E-state index contributed by atoms with van der Waals surface area (Å²) in [7, 11) is 0. The van der Waals surface area contributed by atoms with Gasteiger partial charge in [0.05, 0.1) is 27.8 Å². The molecule has 8 nitrogen and oxygen atoms in total. The van der Waals surface area contributed by atoms with Crippen LogP contribution in [0.4, 0.5) is 0 Å². The fourth-order valence-corrected chi connectivity index (χ4v) is 9.24. The molecule has 0 atom stereocenters. The first-order valence-corrected chi connectivity index (χ1v) is 21.4. The van der Waals surface area contributed by atoms with E-state index >= 15 is 0 Å². The van der Waals surface area contributed by atoms with Crippen molar-refractivity contribution in [2.24, 2.45) is 0 Å².